The van der Waals surface area contributed by atoms with E-state index in [1.54, 1.807) is 12.1 Å². The number of nitrogens with zero attached hydrogens (tertiary/aromatic N) is 6. The minimum Gasteiger partial charge on any atom is -0.355 e. The van der Waals surface area contributed by atoms with Crippen molar-refractivity contribution < 1.29 is 18.0 Å². The summed E-state index contributed by atoms with van der Waals surface area (Å²) in [4.78, 5) is 20.1. The maximum Gasteiger partial charge on any atom is 0.417 e. The van der Waals surface area contributed by atoms with Crippen LogP contribution < -0.4 is 15.1 Å². The highest BCUT2D eigenvalue weighted by Crippen LogP contribution is 2.35. The summed E-state index contributed by atoms with van der Waals surface area (Å²) in [5.41, 5.74) is -0.707. The molecule has 2 aromatic heterocycles. The summed E-state index contributed by atoms with van der Waals surface area (Å²) < 4.78 is 38.7. The standard InChI is InChI=1S/C20H19ClF3N7O/c21-15-9-12(20(22,23)24)11-27-18(15)30-7-4-14(5-8-30)31(16-3-6-26-19(16)32)17-2-1-13(10-25)28-29-17/h1-2,9,11,14,16H,3-8H2,(H,26,32). The van der Waals surface area contributed by atoms with Gasteiger partial charge in [0.1, 0.15) is 17.9 Å². The Kier molecular flexibility index (Phi) is 6.06. The number of alkyl halides is 3. The van der Waals surface area contributed by atoms with Gasteiger partial charge in [-0.3, -0.25) is 4.79 Å². The number of nitrogens with one attached hydrogen (secondary N) is 1. The number of pyridine rings is 1. The van der Waals surface area contributed by atoms with Gasteiger partial charge in [-0.15, -0.1) is 10.2 Å². The van der Waals surface area contributed by atoms with E-state index in [0.29, 0.717) is 50.5 Å². The molecular formula is C20H19ClF3N7O. The molecule has 0 aromatic carbocycles. The Labute approximate surface area is 187 Å². The zero-order valence-corrected chi connectivity index (χ0v) is 17.6. The Bertz CT molecular complexity index is 1030. The molecule has 12 heteroatoms. The molecule has 2 saturated heterocycles. The van der Waals surface area contributed by atoms with Crippen LogP contribution in [0.3, 0.4) is 0 Å². The molecule has 0 bridgehead atoms. The van der Waals surface area contributed by atoms with Crippen LogP contribution in [0.4, 0.5) is 24.8 Å². The molecule has 4 heterocycles. The molecule has 168 valence electrons. The van der Waals surface area contributed by atoms with Crippen LogP contribution in [0.25, 0.3) is 0 Å². The Morgan fingerprint density at radius 2 is 1.97 bits per heavy atom. The van der Waals surface area contributed by atoms with E-state index in [1.165, 1.54) is 0 Å². The molecule has 2 aliphatic rings. The van der Waals surface area contributed by atoms with Gasteiger partial charge in [-0.25, -0.2) is 4.98 Å². The lowest BCUT2D eigenvalue weighted by Crippen LogP contribution is -2.52. The molecule has 1 unspecified atom stereocenters. The van der Waals surface area contributed by atoms with Crippen molar-refractivity contribution in [3.05, 3.63) is 40.7 Å². The number of carbonyl (C=O) groups is 1. The fraction of sp³-hybridized carbons (Fsp3) is 0.450. The maximum atomic E-state index is 12.9. The van der Waals surface area contributed by atoms with Crippen molar-refractivity contribution >= 4 is 29.1 Å². The number of hydrogen-bond donors (Lipinski definition) is 1. The van der Waals surface area contributed by atoms with Crippen molar-refractivity contribution in [1.29, 1.82) is 5.26 Å². The van der Waals surface area contributed by atoms with Crippen molar-refractivity contribution in [1.82, 2.24) is 20.5 Å². The first-order valence-corrected chi connectivity index (χ1v) is 10.4. The molecule has 8 nitrogen and oxygen atoms in total. The zero-order chi connectivity index (χ0) is 22.9. The largest absolute Gasteiger partial charge is 0.417 e. The molecule has 0 aliphatic carbocycles. The van der Waals surface area contributed by atoms with E-state index in [2.05, 4.69) is 20.5 Å². The predicted octanol–water partition coefficient (Wildman–Crippen LogP) is 2.78. The second-order valence-electron chi connectivity index (χ2n) is 7.64. The van der Waals surface area contributed by atoms with E-state index in [1.807, 2.05) is 15.9 Å². The molecule has 1 atom stereocenters. The SMILES string of the molecule is N#Cc1ccc(N(C2CCN(c3ncc(C(F)(F)F)cc3Cl)CC2)C2CCNC2=O)nn1. The molecule has 1 N–H and O–H groups in total. The number of hydrogen-bond acceptors (Lipinski definition) is 7. The summed E-state index contributed by atoms with van der Waals surface area (Å²) in [7, 11) is 0. The fourth-order valence-corrected chi connectivity index (χ4v) is 4.43. The summed E-state index contributed by atoms with van der Waals surface area (Å²) in [5.74, 6) is 0.725. The Balaban J connectivity index is 1.52. The lowest BCUT2D eigenvalue weighted by molar-refractivity contribution is -0.137. The second kappa shape index (κ2) is 8.78. The van der Waals surface area contributed by atoms with Gasteiger partial charge in [-0.2, -0.15) is 18.4 Å². The van der Waals surface area contributed by atoms with Crippen molar-refractivity contribution in [2.24, 2.45) is 0 Å². The van der Waals surface area contributed by atoms with Crippen molar-refractivity contribution in [2.75, 3.05) is 29.4 Å². The van der Waals surface area contributed by atoms with Crippen LogP contribution in [0.15, 0.2) is 24.4 Å². The van der Waals surface area contributed by atoms with E-state index >= 15 is 0 Å². The van der Waals surface area contributed by atoms with E-state index in [9.17, 15) is 18.0 Å². The highest BCUT2D eigenvalue weighted by atomic mass is 35.5. The number of piperidine rings is 1. The monoisotopic (exact) mass is 465 g/mol. The van der Waals surface area contributed by atoms with Gasteiger partial charge in [0.15, 0.2) is 11.5 Å². The molecule has 2 aliphatic heterocycles. The Morgan fingerprint density at radius 3 is 2.50 bits per heavy atom. The molecule has 0 radical (unpaired) electrons. The van der Waals surface area contributed by atoms with E-state index in [-0.39, 0.29) is 22.7 Å². The average Bonchev–Trinajstić information content (AvgIpc) is 3.20. The molecule has 1 amide bonds. The lowest BCUT2D eigenvalue weighted by Gasteiger charge is -2.41. The number of carbonyl (C=O) groups excluding carboxylic acids is 1. The summed E-state index contributed by atoms with van der Waals surface area (Å²) in [6.07, 6.45) is -1.87. The Hall–Kier alpha value is -3.13. The third-order valence-electron chi connectivity index (χ3n) is 5.69. The molecule has 2 fully saturated rings. The minimum atomic E-state index is -4.51. The number of rotatable bonds is 4. The third kappa shape index (κ3) is 4.41. The quantitative estimate of drug-likeness (QED) is 0.741. The minimum absolute atomic E-state index is 0.0458. The number of nitriles is 1. The van der Waals surface area contributed by atoms with Crippen LogP contribution in [0.1, 0.15) is 30.5 Å². The van der Waals surface area contributed by atoms with Crippen molar-refractivity contribution in [3.8, 4) is 6.07 Å². The topological polar surface area (TPSA) is 98.0 Å². The smallest absolute Gasteiger partial charge is 0.355 e. The highest BCUT2D eigenvalue weighted by Gasteiger charge is 2.38. The molecule has 0 saturated carbocycles. The fourth-order valence-electron chi connectivity index (χ4n) is 4.14. The first-order chi connectivity index (χ1) is 15.3. The normalized spacial score (nSPS) is 19.5. The van der Waals surface area contributed by atoms with Crippen molar-refractivity contribution in [3.63, 3.8) is 0 Å². The number of anilines is 2. The highest BCUT2D eigenvalue weighted by molar-refractivity contribution is 6.33. The van der Waals surface area contributed by atoms with E-state index in [0.717, 1.165) is 12.3 Å². The van der Waals surface area contributed by atoms with Gasteiger partial charge in [-0.1, -0.05) is 11.6 Å². The maximum absolute atomic E-state index is 12.9. The van der Waals surface area contributed by atoms with Gasteiger partial charge in [0.05, 0.1) is 10.6 Å². The molecule has 2 aromatic rings. The predicted molar refractivity (Wildman–Crippen MR) is 110 cm³/mol. The summed E-state index contributed by atoms with van der Waals surface area (Å²) in [6, 6.07) is 5.60. The van der Waals surface area contributed by atoms with Gasteiger partial charge >= 0.3 is 6.18 Å². The van der Waals surface area contributed by atoms with Gasteiger partial charge in [0.25, 0.3) is 0 Å². The van der Waals surface area contributed by atoms with Crippen LogP contribution in [0.2, 0.25) is 5.02 Å². The molecule has 32 heavy (non-hydrogen) atoms. The molecular weight excluding hydrogens is 447 g/mol. The average molecular weight is 466 g/mol. The zero-order valence-electron chi connectivity index (χ0n) is 16.8. The van der Waals surface area contributed by atoms with Crippen molar-refractivity contribution in [2.45, 2.75) is 37.5 Å². The summed E-state index contributed by atoms with van der Waals surface area (Å²) in [6.45, 7) is 1.56. The van der Waals surface area contributed by atoms with Gasteiger partial charge < -0.3 is 15.1 Å². The summed E-state index contributed by atoms with van der Waals surface area (Å²) >= 11 is 6.10. The van der Waals surface area contributed by atoms with Crippen LogP contribution in [-0.4, -0.2) is 52.8 Å². The van der Waals surface area contributed by atoms with E-state index in [4.69, 9.17) is 16.9 Å². The van der Waals surface area contributed by atoms with E-state index < -0.39 is 17.8 Å². The summed E-state index contributed by atoms with van der Waals surface area (Å²) in [5, 5.41) is 19.8. The lowest BCUT2D eigenvalue weighted by atomic mass is 10.00. The van der Waals surface area contributed by atoms with Gasteiger partial charge in [0.2, 0.25) is 5.91 Å². The first kappa shape index (κ1) is 22.1. The van der Waals surface area contributed by atoms with Gasteiger partial charge in [0, 0.05) is 31.9 Å². The first-order valence-electron chi connectivity index (χ1n) is 10.1. The van der Waals surface area contributed by atoms with Crippen LogP contribution >= 0.6 is 11.6 Å². The van der Waals surface area contributed by atoms with Crippen LogP contribution in [-0.2, 0) is 11.0 Å². The number of halogens is 4. The third-order valence-corrected chi connectivity index (χ3v) is 5.97. The Morgan fingerprint density at radius 1 is 1.22 bits per heavy atom. The number of amides is 1. The van der Waals surface area contributed by atoms with Crippen LogP contribution in [0, 0.1) is 11.3 Å². The van der Waals surface area contributed by atoms with Crippen LogP contribution in [0.5, 0.6) is 0 Å². The second-order valence-corrected chi connectivity index (χ2v) is 8.04. The van der Waals surface area contributed by atoms with Gasteiger partial charge in [-0.05, 0) is 37.5 Å². The molecule has 4 rings (SSSR count). The molecule has 0 spiro atoms. The number of aromatic nitrogens is 3.